The SMILES string of the molecule is Cc1cccc(Cl)c1NC(=O)c1cnc(NC(=O)c2ccccc2)[se]1. The van der Waals surface area contributed by atoms with Gasteiger partial charge in [-0.1, -0.05) is 0 Å². The topological polar surface area (TPSA) is 71.1 Å². The van der Waals surface area contributed by atoms with E-state index in [1.54, 1.807) is 30.3 Å². The standard InChI is InChI=1S/C18H14ClN3O2Se/c1-11-6-5-9-13(19)15(11)21-17(24)14-10-20-18(25-14)22-16(23)12-7-3-2-4-8-12/h2-10H,1H3,(H,21,24)(H,20,22,23). The zero-order valence-electron chi connectivity index (χ0n) is 13.2. The number of hydrogen-bond acceptors (Lipinski definition) is 3. The van der Waals surface area contributed by atoms with Crippen molar-refractivity contribution in [3.63, 3.8) is 0 Å². The van der Waals surface area contributed by atoms with Crippen LogP contribution in [0.3, 0.4) is 0 Å². The summed E-state index contributed by atoms with van der Waals surface area (Å²) in [5.74, 6) is -0.498. The minimum atomic E-state index is -0.371. The van der Waals surface area contributed by atoms with E-state index in [-0.39, 0.29) is 26.3 Å². The quantitative estimate of drug-likeness (QED) is 0.636. The van der Waals surface area contributed by atoms with Crippen molar-refractivity contribution in [2.45, 2.75) is 6.92 Å². The molecule has 0 bridgehead atoms. The van der Waals surface area contributed by atoms with Gasteiger partial charge in [-0.05, 0) is 0 Å². The molecule has 2 N–H and O–H groups in total. The number of benzene rings is 2. The molecule has 1 heterocycles. The van der Waals surface area contributed by atoms with E-state index in [4.69, 9.17) is 11.6 Å². The second-order valence-electron chi connectivity index (χ2n) is 5.24. The first-order valence-electron chi connectivity index (χ1n) is 7.43. The summed E-state index contributed by atoms with van der Waals surface area (Å²) in [7, 11) is 0. The number of amides is 2. The normalized spacial score (nSPS) is 10.3. The first-order chi connectivity index (χ1) is 12.0. The van der Waals surface area contributed by atoms with Crippen molar-refractivity contribution < 1.29 is 9.59 Å². The predicted octanol–water partition coefficient (Wildman–Crippen LogP) is 3.61. The molecule has 0 aliphatic heterocycles. The summed E-state index contributed by atoms with van der Waals surface area (Å²) < 4.78 is 1.03. The van der Waals surface area contributed by atoms with Crippen molar-refractivity contribution in [3.05, 3.63) is 75.3 Å². The van der Waals surface area contributed by atoms with E-state index < -0.39 is 0 Å². The second kappa shape index (κ2) is 7.66. The molecular weight excluding hydrogens is 405 g/mol. The van der Waals surface area contributed by atoms with E-state index in [9.17, 15) is 9.59 Å². The van der Waals surface area contributed by atoms with E-state index in [1.807, 2.05) is 25.1 Å². The van der Waals surface area contributed by atoms with Gasteiger partial charge in [-0.3, -0.25) is 0 Å². The number of halogens is 1. The Balaban J connectivity index is 1.71. The molecule has 0 atom stereocenters. The third-order valence-corrected chi connectivity index (χ3v) is 5.67. The number of rotatable bonds is 4. The monoisotopic (exact) mass is 419 g/mol. The average molecular weight is 419 g/mol. The summed E-state index contributed by atoms with van der Waals surface area (Å²) in [5, 5.41) is 6.05. The van der Waals surface area contributed by atoms with Crippen LogP contribution in [0.4, 0.5) is 10.4 Å². The number of carbonyl (C=O) groups is 2. The van der Waals surface area contributed by atoms with Crippen molar-refractivity contribution in [1.82, 2.24) is 4.98 Å². The summed E-state index contributed by atoms with van der Waals surface area (Å²) in [4.78, 5) is 28.7. The molecule has 7 heteroatoms. The number of hydrogen-bond donors (Lipinski definition) is 2. The van der Waals surface area contributed by atoms with Gasteiger partial charge in [-0.2, -0.15) is 0 Å². The van der Waals surface area contributed by atoms with Gasteiger partial charge in [-0.25, -0.2) is 0 Å². The maximum absolute atomic E-state index is 12.4. The van der Waals surface area contributed by atoms with Crippen molar-refractivity contribution in [2.24, 2.45) is 0 Å². The summed E-state index contributed by atoms with van der Waals surface area (Å²) >= 11 is 5.76. The molecule has 2 aromatic carbocycles. The molecule has 0 saturated heterocycles. The Bertz CT molecular complexity index is 905. The van der Waals surface area contributed by atoms with Gasteiger partial charge >= 0.3 is 156 Å². The molecule has 2 amide bonds. The molecule has 25 heavy (non-hydrogen) atoms. The van der Waals surface area contributed by atoms with E-state index in [0.29, 0.717) is 25.4 Å². The zero-order valence-corrected chi connectivity index (χ0v) is 15.7. The molecule has 0 aliphatic rings. The molecule has 126 valence electrons. The van der Waals surface area contributed by atoms with Gasteiger partial charge < -0.3 is 0 Å². The van der Waals surface area contributed by atoms with Crippen molar-refractivity contribution in [3.8, 4) is 0 Å². The van der Waals surface area contributed by atoms with Crippen LogP contribution in [0.1, 0.15) is 25.2 Å². The molecule has 1 aromatic heterocycles. The minimum absolute atomic E-state index is 0.238. The number of aryl methyl sites for hydroxylation is 1. The number of aromatic nitrogens is 1. The first kappa shape index (κ1) is 17.4. The average Bonchev–Trinajstić information content (AvgIpc) is 3.07. The second-order valence-corrected chi connectivity index (χ2v) is 7.81. The van der Waals surface area contributed by atoms with E-state index in [2.05, 4.69) is 15.6 Å². The van der Waals surface area contributed by atoms with E-state index in [1.165, 1.54) is 6.20 Å². The van der Waals surface area contributed by atoms with Crippen LogP contribution < -0.4 is 10.6 Å². The maximum atomic E-state index is 12.4. The van der Waals surface area contributed by atoms with Crippen LogP contribution in [0.15, 0.2) is 54.7 Å². The van der Waals surface area contributed by atoms with Crippen LogP contribution in [-0.4, -0.2) is 31.3 Å². The number of anilines is 2. The van der Waals surface area contributed by atoms with Gasteiger partial charge in [0.05, 0.1) is 0 Å². The summed E-state index contributed by atoms with van der Waals surface area (Å²) in [6.45, 7) is 1.87. The van der Waals surface area contributed by atoms with Gasteiger partial charge in [0.15, 0.2) is 0 Å². The third-order valence-electron chi connectivity index (χ3n) is 3.45. The van der Waals surface area contributed by atoms with Crippen LogP contribution in [0.2, 0.25) is 5.02 Å². The van der Waals surface area contributed by atoms with Crippen molar-refractivity contribution in [2.75, 3.05) is 10.6 Å². The first-order valence-corrected chi connectivity index (χ1v) is 9.52. The van der Waals surface area contributed by atoms with Crippen molar-refractivity contribution in [1.29, 1.82) is 0 Å². The molecule has 0 aliphatic carbocycles. The molecule has 0 spiro atoms. The molecule has 0 fully saturated rings. The molecule has 0 unspecified atom stereocenters. The molecule has 3 rings (SSSR count). The Kier molecular flexibility index (Phi) is 5.34. The van der Waals surface area contributed by atoms with Crippen LogP contribution in [0.25, 0.3) is 0 Å². The van der Waals surface area contributed by atoms with Crippen LogP contribution in [0.5, 0.6) is 0 Å². The molecule has 0 radical (unpaired) electrons. The molecule has 3 aromatic rings. The summed E-state index contributed by atoms with van der Waals surface area (Å²) in [6.07, 6.45) is 1.49. The summed E-state index contributed by atoms with van der Waals surface area (Å²) in [5.41, 5.74) is 2.02. The number of para-hydroxylation sites is 1. The summed E-state index contributed by atoms with van der Waals surface area (Å²) in [6, 6.07) is 14.3. The van der Waals surface area contributed by atoms with E-state index in [0.717, 1.165) is 5.56 Å². The molecule has 0 saturated carbocycles. The molecule has 5 nitrogen and oxygen atoms in total. The Labute approximate surface area is 155 Å². The Morgan fingerprint density at radius 1 is 1.00 bits per heavy atom. The van der Waals surface area contributed by atoms with Crippen LogP contribution >= 0.6 is 11.6 Å². The van der Waals surface area contributed by atoms with Crippen molar-refractivity contribution >= 4 is 48.3 Å². The Morgan fingerprint density at radius 3 is 2.48 bits per heavy atom. The Morgan fingerprint density at radius 2 is 1.76 bits per heavy atom. The Hall–Kier alpha value is -2.40. The number of carbonyl (C=O) groups excluding carboxylic acids is 2. The fraction of sp³-hybridized carbons (Fsp3) is 0.0556. The zero-order chi connectivity index (χ0) is 17.8. The third kappa shape index (κ3) is 4.17. The van der Waals surface area contributed by atoms with Gasteiger partial charge in [0.1, 0.15) is 0 Å². The van der Waals surface area contributed by atoms with E-state index >= 15 is 0 Å². The van der Waals surface area contributed by atoms with Crippen LogP contribution in [0, 0.1) is 6.92 Å². The fourth-order valence-electron chi connectivity index (χ4n) is 2.16. The van der Waals surface area contributed by atoms with Gasteiger partial charge in [-0.15, -0.1) is 0 Å². The van der Waals surface area contributed by atoms with Gasteiger partial charge in [0.25, 0.3) is 0 Å². The molecular formula is C18H14ClN3O2Se. The number of nitrogens with zero attached hydrogens (tertiary/aromatic N) is 1. The predicted molar refractivity (Wildman–Crippen MR) is 99.7 cm³/mol. The number of nitrogens with one attached hydrogen (secondary N) is 2. The fourth-order valence-corrected chi connectivity index (χ4v) is 3.91. The van der Waals surface area contributed by atoms with Crippen LogP contribution in [-0.2, 0) is 0 Å². The van der Waals surface area contributed by atoms with Gasteiger partial charge in [0, 0.05) is 0 Å². The van der Waals surface area contributed by atoms with Gasteiger partial charge in [0.2, 0.25) is 0 Å².